The molecule has 2 aromatic carbocycles. The van der Waals surface area contributed by atoms with Crippen molar-refractivity contribution in [1.29, 1.82) is 0 Å². The van der Waals surface area contributed by atoms with Gasteiger partial charge >= 0.3 is 0 Å². The zero-order chi connectivity index (χ0) is 18.1. The van der Waals surface area contributed by atoms with Gasteiger partial charge in [0.2, 0.25) is 0 Å². The van der Waals surface area contributed by atoms with Gasteiger partial charge in [-0.05, 0) is 61.3 Å². The Labute approximate surface area is 153 Å². The van der Waals surface area contributed by atoms with Crippen LogP contribution in [0, 0.1) is 0 Å². The fraction of sp³-hybridized carbons (Fsp3) is 0.381. The first-order chi connectivity index (χ1) is 12.7. The third-order valence-electron chi connectivity index (χ3n) is 5.65. The highest BCUT2D eigenvalue weighted by molar-refractivity contribution is 6.00. The Kier molecular flexibility index (Phi) is 4.32. The number of hydrogen-bond donors (Lipinski definition) is 1. The van der Waals surface area contributed by atoms with Crippen LogP contribution in [0.2, 0.25) is 0 Å². The molecule has 5 nitrogen and oxygen atoms in total. The highest BCUT2D eigenvalue weighted by Gasteiger charge is 2.49. The molecule has 1 spiro atoms. The maximum Gasteiger partial charge on any atom is 0.255 e. The van der Waals surface area contributed by atoms with E-state index in [0.717, 1.165) is 54.1 Å². The maximum absolute atomic E-state index is 13.3. The summed E-state index contributed by atoms with van der Waals surface area (Å²) in [5.74, 6) is 1.65. The summed E-state index contributed by atoms with van der Waals surface area (Å²) in [5.41, 5.74) is 2.79. The Morgan fingerprint density at radius 2 is 1.65 bits per heavy atom. The summed E-state index contributed by atoms with van der Waals surface area (Å²) in [7, 11) is 3.30. The van der Waals surface area contributed by atoms with Gasteiger partial charge in [0.1, 0.15) is 11.5 Å². The summed E-state index contributed by atoms with van der Waals surface area (Å²) in [5, 5.41) is 3.42. The van der Waals surface area contributed by atoms with E-state index < -0.39 is 0 Å². The van der Waals surface area contributed by atoms with E-state index in [-0.39, 0.29) is 11.4 Å². The zero-order valence-corrected chi connectivity index (χ0v) is 15.2. The van der Waals surface area contributed by atoms with Crippen LogP contribution >= 0.6 is 0 Å². The predicted octanol–water partition coefficient (Wildman–Crippen LogP) is 2.94. The van der Waals surface area contributed by atoms with Crippen molar-refractivity contribution in [3.05, 3.63) is 59.2 Å². The Bertz CT molecular complexity index is 811. The fourth-order valence-electron chi connectivity index (χ4n) is 4.23. The third-order valence-corrected chi connectivity index (χ3v) is 5.65. The lowest BCUT2D eigenvalue weighted by atomic mass is 9.81. The van der Waals surface area contributed by atoms with Crippen LogP contribution in [0.25, 0.3) is 0 Å². The molecule has 0 unspecified atom stereocenters. The van der Waals surface area contributed by atoms with Crippen LogP contribution in [-0.2, 0) is 12.1 Å². The Morgan fingerprint density at radius 1 is 1.00 bits per heavy atom. The molecule has 1 saturated heterocycles. The van der Waals surface area contributed by atoms with Gasteiger partial charge in [-0.2, -0.15) is 0 Å². The molecule has 5 heteroatoms. The van der Waals surface area contributed by atoms with Gasteiger partial charge in [-0.15, -0.1) is 0 Å². The molecule has 0 aliphatic carbocycles. The average Bonchev–Trinajstić information content (AvgIpc) is 2.91. The number of carbonyl (C=O) groups is 1. The van der Waals surface area contributed by atoms with Gasteiger partial charge in [0.25, 0.3) is 5.91 Å². The van der Waals surface area contributed by atoms with Crippen molar-refractivity contribution in [3.8, 4) is 11.5 Å². The second-order valence-corrected chi connectivity index (χ2v) is 6.93. The van der Waals surface area contributed by atoms with Gasteiger partial charge in [0.05, 0.1) is 19.8 Å². The van der Waals surface area contributed by atoms with E-state index in [1.54, 1.807) is 14.2 Å². The quantitative estimate of drug-likeness (QED) is 0.919. The number of piperidine rings is 1. The first kappa shape index (κ1) is 16.9. The SMILES string of the molecule is COc1ccc(CN2C(=O)c3cc(OC)ccc3C23CCNCC3)cc1. The summed E-state index contributed by atoms with van der Waals surface area (Å²) in [6.07, 6.45) is 1.85. The van der Waals surface area contributed by atoms with E-state index in [9.17, 15) is 4.79 Å². The predicted molar refractivity (Wildman–Crippen MR) is 99.6 cm³/mol. The minimum atomic E-state index is -0.232. The number of fused-ring (bicyclic) bond motifs is 2. The van der Waals surface area contributed by atoms with Crippen LogP contribution in [0.15, 0.2) is 42.5 Å². The molecule has 0 saturated carbocycles. The van der Waals surface area contributed by atoms with Crippen molar-refractivity contribution >= 4 is 5.91 Å². The molecule has 136 valence electrons. The number of ether oxygens (including phenoxy) is 2. The summed E-state index contributed by atoms with van der Waals surface area (Å²) in [6.45, 7) is 2.43. The van der Waals surface area contributed by atoms with E-state index in [0.29, 0.717) is 6.54 Å². The first-order valence-corrected chi connectivity index (χ1v) is 9.02. The van der Waals surface area contributed by atoms with Crippen LogP contribution in [0.1, 0.15) is 34.3 Å². The highest BCUT2D eigenvalue weighted by Crippen LogP contribution is 2.46. The Hall–Kier alpha value is -2.53. The van der Waals surface area contributed by atoms with Crippen molar-refractivity contribution < 1.29 is 14.3 Å². The van der Waals surface area contributed by atoms with E-state index in [1.807, 2.05) is 36.4 Å². The molecular weight excluding hydrogens is 328 g/mol. The smallest absolute Gasteiger partial charge is 0.255 e. The van der Waals surface area contributed by atoms with Crippen LogP contribution in [0.5, 0.6) is 11.5 Å². The third kappa shape index (κ3) is 2.63. The van der Waals surface area contributed by atoms with E-state index >= 15 is 0 Å². The van der Waals surface area contributed by atoms with Gasteiger partial charge in [0.15, 0.2) is 0 Å². The lowest BCUT2D eigenvalue weighted by Gasteiger charge is -2.42. The lowest BCUT2D eigenvalue weighted by Crippen LogP contribution is -2.49. The topological polar surface area (TPSA) is 50.8 Å². The molecule has 2 aliphatic heterocycles. The molecule has 4 rings (SSSR count). The van der Waals surface area contributed by atoms with Crippen molar-refractivity contribution in [2.24, 2.45) is 0 Å². The van der Waals surface area contributed by atoms with Crippen LogP contribution in [0.3, 0.4) is 0 Å². The molecule has 0 aromatic heterocycles. The van der Waals surface area contributed by atoms with Crippen LogP contribution in [-0.4, -0.2) is 38.1 Å². The number of carbonyl (C=O) groups excluding carboxylic acids is 1. The van der Waals surface area contributed by atoms with Crippen molar-refractivity contribution in [1.82, 2.24) is 10.2 Å². The Morgan fingerprint density at radius 3 is 2.31 bits per heavy atom. The maximum atomic E-state index is 13.3. The number of amides is 1. The molecule has 2 heterocycles. The molecule has 1 N–H and O–H groups in total. The number of rotatable bonds is 4. The number of nitrogens with zero attached hydrogens (tertiary/aromatic N) is 1. The summed E-state index contributed by atoms with van der Waals surface area (Å²) in [6, 6.07) is 13.9. The summed E-state index contributed by atoms with van der Waals surface area (Å²) in [4.78, 5) is 15.3. The Balaban J connectivity index is 1.73. The average molecular weight is 352 g/mol. The zero-order valence-electron chi connectivity index (χ0n) is 15.2. The van der Waals surface area contributed by atoms with E-state index in [1.165, 1.54) is 0 Å². The monoisotopic (exact) mass is 352 g/mol. The molecule has 2 aromatic rings. The molecular formula is C21H24N2O3. The number of nitrogens with one attached hydrogen (secondary N) is 1. The highest BCUT2D eigenvalue weighted by atomic mass is 16.5. The summed E-state index contributed by atoms with van der Waals surface area (Å²) >= 11 is 0. The van der Waals surface area contributed by atoms with Crippen molar-refractivity contribution in [3.63, 3.8) is 0 Å². The van der Waals surface area contributed by atoms with Crippen molar-refractivity contribution in [2.75, 3.05) is 27.3 Å². The van der Waals surface area contributed by atoms with Gasteiger partial charge in [-0.1, -0.05) is 18.2 Å². The van der Waals surface area contributed by atoms with Gasteiger partial charge in [-0.3, -0.25) is 4.79 Å². The largest absolute Gasteiger partial charge is 0.497 e. The lowest BCUT2D eigenvalue weighted by molar-refractivity contribution is 0.0413. The van der Waals surface area contributed by atoms with E-state index in [4.69, 9.17) is 9.47 Å². The minimum Gasteiger partial charge on any atom is -0.497 e. The molecule has 0 atom stereocenters. The molecule has 0 radical (unpaired) electrons. The normalized spacial score (nSPS) is 18.1. The second-order valence-electron chi connectivity index (χ2n) is 6.93. The van der Waals surface area contributed by atoms with Crippen molar-refractivity contribution in [2.45, 2.75) is 24.9 Å². The van der Waals surface area contributed by atoms with Gasteiger partial charge < -0.3 is 19.7 Å². The fourth-order valence-corrected chi connectivity index (χ4v) is 4.23. The molecule has 1 fully saturated rings. The molecule has 1 amide bonds. The number of benzene rings is 2. The summed E-state index contributed by atoms with van der Waals surface area (Å²) < 4.78 is 10.6. The second kappa shape index (κ2) is 6.65. The van der Waals surface area contributed by atoms with Gasteiger partial charge in [0, 0.05) is 12.1 Å². The van der Waals surface area contributed by atoms with Gasteiger partial charge in [-0.25, -0.2) is 0 Å². The molecule has 2 aliphatic rings. The minimum absolute atomic E-state index is 0.0941. The molecule has 26 heavy (non-hydrogen) atoms. The first-order valence-electron chi connectivity index (χ1n) is 9.02. The van der Waals surface area contributed by atoms with E-state index in [2.05, 4.69) is 16.3 Å². The number of hydrogen-bond acceptors (Lipinski definition) is 4. The standard InChI is InChI=1S/C21H24N2O3/c1-25-16-5-3-15(4-6-16)14-23-20(24)18-13-17(26-2)7-8-19(18)21(23)9-11-22-12-10-21/h3-8,13,22H,9-12,14H2,1-2H3. The number of methoxy groups -OCH3 is 2. The van der Waals surface area contributed by atoms with Crippen LogP contribution in [0.4, 0.5) is 0 Å². The molecule has 0 bridgehead atoms. The van der Waals surface area contributed by atoms with Crippen LogP contribution < -0.4 is 14.8 Å².